The molecule has 1 heterocycles. The Balaban J connectivity index is 2.07. The molecule has 3 N–H and O–H groups in total. The van der Waals surface area contributed by atoms with E-state index in [1.165, 1.54) is 0 Å². The molecule has 0 atom stereocenters. The standard InChI is InChI=1S/C10H18N4O/c1-2-15-5-3-4-12-6-9-7-13-10(11)14-8-9/h7-8,12H,2-6H2,1H3,(H2,11,13,14). The van der Waals surface area contributed by atoms with Gasteiger partial charge in [-0.2, -0.15) is 0 Å². The lowest BCUT2D eigenvalue weighted by molar-refractivity contribution is 0.144. The van der Waals surface area contributed by atoms with Crippen LogP contribution in [0.1, 0.15) is 18.9 Å². The first-order valence-corrected chi connectivity index (χ1v) is 5.17. The average molecular weight is 210 g/mol. The van der Waals surface area contributed by atoms with Crippen molar-refractivity contribution in [3.63, 3.8) is 0 Å². The Morgan fingerprint density at radius 1 is 1.40 bits per heavy atom. The Kier molecular flexibility index (Phi) is 5.65. The van der Waals surface area contributed by atoms with E-state index in [1.807, 2.05) is 6.92 Å². The smallest absolute Gasteiger partial charge is 0.219 e. The number of rotatable bonds is 7. The third-order valence-electron chi connectivity index (χ3n) is 1.90. The molecule has 0 unspecified atom stereocenters. The molecule has 15 heavy (non-hydrogen) atoms. The molecule has 0 aromatic carbocycles. The average Bonchev–Trinajstić information content (AvgIpc) is 2.26. The molecule has 0 saturated heterocycles. The molecule has 0 spiro atoms. The van der Waals surface area contributed by atoms with E-state index in [2.05, 4.69) is 15.3 Å². The van der Waals surface area contributed by atoms with Crippen molar-refractivity contribution in [3.8, 4) is 0 Å². The topological polar surface area (TPSA) is 73.1 Å². The maximum Gasteiger partial charge on any atom is 0.219 e. The molecule has 1 rings (SSSR count). The fraction of sp³-hybridized carbons (Fsp3) is 0.600. The Bertz CT molecular complexity index is 263. The zero-order chi connectivity index (χ0) is 10.9. The van der Waals surface area contributed by atoms with E-state index in [9.17, 15) is 0 Å². The van der Waals surface area contributed by atoms with Gasteiger partial charge in [-0.05, 0) is 19.9 Å². The highest BCUT2D eigenvalue weighted by Crippen LogP contribution is 1.95. The first-order valence-electron chi connectivity index (χ1n) is 5.17. The van der Waals surface area contributed by atoms with Crippen molar-refractivity contribution in [2.75, 3.05) is 25.5 Å². The monoisotopic (exact) mass is 210 g/mol. The second-order valence-electron chi connectivity index (χ2n) is 3.18. The van der Waals surface area contributed by atoms with E-state index >= 15 is 0 Å². The molecular weight excluding hydrogens is 192 g/mol. The summed E-state index contributed by atoms with van der Waals surface area (Å²) in [6.45, 7) is 5.30. The maximum absolute atomic E-state index is 5.38. The van der Waals surface area contributed by atoms with Crippen LogP contribution in [0.3, 0.4) is 0 Å². The van der Waals surface area contributed by atoms with Crippen LogP contribution < -0.4 is 11.1 Å². The van der Waals surface area contributed by atoms with Crippen LogP contribution >= 0.6 is 0 Å². The summed E-state index contributed by atoms with van der Waals surface area (Å²) in [6.07, 6.45) is 4.49. The minimum Gasteiger partial charge on any atom is -0.382 e. The number of nitrogens with one attached hydrogen (secondary N) is 1. The van der Waals surface area contributed by atoms with Gasteiger partial charge in [0.1, 0.15) is 0 Å². The van der Waals surface area contributed by atoms with Gasteiger partial charge < -0.3 is 15.8 Å². The summed E-state index contributed by atoms with van der Waals surface area (Å²) in [7, 11) is 0. The molecule has 0 saturated carbocycles. The van der Waals surface area contributed by atoms with Crippen LogP contribution in [-0.4, -0.2) is 29.7 Å². The Morgan fingerprint density at radius 3 is 2.80 bits per heavy atom. The SMILES string of the molecule is CCOCCCNCc1cnc(N)nc1. The number of ether oxygens (including phenoxy) is 1. The third-order valence-corrected chi connectivity index (χ3v) is 1.90. The quantitative estimate of drug-likeness (QED) is 0.644. The molecule has 0 fully saturated rings. The predicted octanol–water partition coefficient (Wildman–Crippen LogP) is 0.575. The van der Waals surface area contributed by atoms with Gasteiger partial charge in [-0.25, -0.2) is 9.97 Å². The van der Waals surface area contributed by atoms with Crippen LogP contribution in [-0.2, 0) is 11.3 Å². The second-order valence-corrected chi connectivity index (χ2v) is 3.18. The Hall–Kier alpha value is -1.20. The molecule has 0 aliphatic carbocycles. The minimum absolute atomic E-state index is 0.315. The molecule has 0 radical (unpaired) electrons. The van der Waals surface area contributed by atoms with E-state index < -0.39 is 0 Å². The van der Waals surface area contributed by atoms with Crippen LogP contribution in [0.4, 0.5) is 5.95 Å². The van der Waals surface area contributed by atoms with E-state index in [-0.39, 0.29) is 0 Å². The first kappa shape index (κ1) is 11.9. The zero-order valence-corrected chi connectivity index (χ0v) is 9.07. The van der Waals surface area contributed by atoms with E-state index in [0.717, 1.165) is 38.3 Å². The van der Waals surface area contributed by atoms with Gasteiger partial charge in [-0.1, -0.05) is 0 Å². The summed E-state index contributed by atoms with van der Waals surface area (Å²) >= 11 is 0. The van der Waals surface area contributed by atoms with Crippen LogP contribution in [0.25, 0.3) is 0 Å². The van der Waals surface area contributed by atoms with Crippen molar-refractivity contribution < 1.29 is 4.74 Å². The molecule has 0 aliphatic heterocycles. The third kappa shape index (κ3) is 5.29. The number of nitrogen functional groups attached to an aromatic ring is 1. The van der Waals surface area contributed by atoms with Gasteiger partial charge in [0, 0.05) is 37.7 Å². The van der Waals surface area contributed by atoms with Crippen LogP contribution in [0.5, 0.6) is 0 Å². The van der Waals surface area contributed by atoms with E-state index in [0.29, 0.717) is 5.95 Å². The summed E-state index contributed by atoms with van der Waals surface area (Å²) in [5, 5.41) is 3.28. The highest BCUT2D eigenvalue weighted by Gasteiger charge is 1.94. The second kappa shape index (κ2) is 7.14. The molecule has 0 bridgehead atoms. The van der Waals surface area contributed by atoms with Gasteiger partial charge in [-0.3, -0.25) is 0 Å². The molecule has 0 aliphatic rings. The Morgan fingerprint density at radius 2 is 2.13 bits per heavy atom. The van der Waals surface area contributed by atoms with Gasteiger partial charge in [0.05, 0.1) is 0 Å². The minimum atomic E-state index is 0.315. The molecule has 84 valence electrons. The van der Waals surface area contributed by atoms with Gasteiger partial charge in [0.25, 0.3) is 0 Å². The number of aromatic nitrogens is 2. The van der Waals surface area contributed by atoms with Gasteiger partial charge in [0.15, 0.2) is 0 Å². The summed E-state index contributed by atoms with van der Waals surface area (Å²) < 4.78 is 5.22. The van der Waals surface area contributed by atoms with Crippen molar-refractivity contribution >= 4 is 5.95 Å². The highest BCUT2D eigenvalue weighted by atomic mass is 16.5. The first-order chi connectivity index (χ1) is 7.33. The Labute approximate surface area is 90.1 Å². The zero-order valence-electron chi connectivity index (χ0n) is 9.07. The number of hydrogen-bond acceptors (Lipinski definition) is 5. The lowest BCUT2D eigenvalue weighted by Crippen LogP contribution is -2.16. The fourth-order valence-electron chi connectivity index (χ4n) is 1.13. The van der Waals surface area contributed by atoms with Crippen molar-refractivity contribution in [2.24, 2.45) is 0 Å². The van der Waals surface area contributed by atoms with Gasteiger partial charge in [0.2, 0.25) is 5.95 Å². The van der Waals surface area contributed by atoms with Crippen molar-refractivity contribution in [2.45, 2.75) is 19.9 Å². The lowest BCUT2D eigenvalue weighted by atomic mass is 10.3. The molecule has 5 heteroatoms. The predicted molar refractivity (Wildman–Crippen MR) is 59.3 cm³/mol. The molecule has 0 amide bonds. The van der Waals surface area contributed by atoms with Crippen LogP contribution in [0.15, 0.2) is 12.4 Å². The normalized spacial score (nSPS) is 10.5. The summed E-state index contributed by atoms with van der Waals surface area (Å²) in [4.78, 5) is 7.82. The number of anilines is 1. The molecular formula is C10H18N4O. The maximum atomic E-state index is 5.38. The summed E-state index contributed by atoms with van der Waals surface area (Å²) in [5.74, 6) is 0.315. The van der Waals surface area contributed by atoms with Crippen LogP contribution in [0.2, 0.25) is 0 Å². The highest BCUT2D eigenvalue weighted by molar-refractivity contribution is 5.16. The van der Waals surface area contributed by atoms with Gasteiger partial charge in [-0.15, -0.1) is 0 Å². The van der Waals surface area contributed by atoms with E-state index in [4.69, 9.17) is 10.5 Å². The lowest BCUT2D eigenvalue weighted by Gasteiger charge is -2.04. The van der Waals surface area contributed by atoms with Crippen molar-refractivity contribution in [3.05, 3.63) is 18.0 Å². The summed E-state index contributed by atoms with van der Waals surface area (Å²) in [6, 6.07) is 0. The van der Waals surface area contributed by atoms with Crippen molar-refractivity contribution in [1.82, 2.24) is 15.3 Å². The summed E-state index contributed by atoms with van der Waals surface area (Å²) in [5.41, 5.74) is 6.42. The van der Waals surface area contributed by atoms with Crippen molar-refractivity contribution in [1.29, 1.82) is 0 Å². The number of hydrogen-bond donors (Lipinski definition) is 2. The number of nitrogens with two attached hydrogens (primary N) is 1. The number of nitrogens with zero attached hydrogens (tertiary/aromatic N) is 2. The molecule has 5 nitrogen and oxygen atoms in total. The fourth-order valence-corrected chi connectivity index (χ4v) is 1.13. The van der Waals surface area contributed by atoms with Crippen LogP contribution in [0, 0.1) is 0 Å². The molecule has 1 aromatic heterocycles. The van der Waals surface area contributed by atoms with Gasteiger partial charge >= 0.3 is 0 Å². The molecule has 1 aromatic rings. The van der Waals surface area contributed by atoms with E-state index in [1.54, 1.807) is 12.4 Å². The largest absolute Gasteiger partial charge is 0.382 e.